The monoisotopic (exact) mass is 182 g/mol. The molecule has 0 saturated heterocycles. The third kappa shape index (κ3) is 4.53. The normalized spacial score (nSPS) is 13.7. The number of hydrogen-bond donors (Lipinski definition) is 0. The molecule has 0 bridgehead atoms. The van der Waals surface area contributed by atoms with Gasteiger partial charge in [0.2, 0.25) is 0 Å². The minimum absolute atomic E-state index is 0.587. The van der Waals surface area contributed by atoms with Crippen molar-refractivity contribution in [3.8, 4) is 0 Å². The molecule has 74 valence electrons. The average molecular weight is 182 g/mol. The maximum atomic E-state index is 5.21. The molecule has 2 nitrogen and oxygen atoms in total. The first-order valence-corrected chi connectivity index (χ1v) is 4.19. The molecule has 0 radical (unpaired) electrons. The number of ether oxygens (including phenoxy) is 2. The van der Waals surface area contributed by atoms with E-state index in [-0.39, 0.29) is 0 Å². The number of rotatable bonds is 5. The molecule has 13 heavy (non-hydrogen) atoms. The molecule has 0 fully saturated rings. The second-order valence-electron chi connectivity index (χ2n) is 2.87. The maximum absolute atomic E-state index is 5.21. The largest absolute Gasteiger partial charge is 0.497 e. The van der Waals surface area contributed by atoms with Crippen LogP contribution in [-0.2, 0) is 9.47 Å². The SMILES string of the molecule is C=C/C(C)=C\C(OC)=C(\C)COC. The lowest BCUT2D eigenvalue weighted by atomic mass is 10.2. The summed E-state index contributed by atoms with van der Waals surface area (Å²) in [7, 11) is 3.32. The van der Waals surface area contributed by atoms with Crippen LogP contribution in [0, 0.1) is 0 Å². The highest BCUT2D eigenvalue weighted by molar-refractivity contribution is 5.27. The van der Waals surface area contributed by atoms with Crippen molar-refractivity contribution < 1.29 is 9.47 Å². The molecule has 0 aliphatic carbocycles. The number of hydrogen-bond acceptors (Lipinski definition) is 2. The Hall–Kier alpha value is -1.02. The Balaban J connectivity index is 4.66. The lowest BCUT2D eigenvalue weighted by Gasteiger charge is -2.06. The Morgan fingerprint density at radius 2 is 1.92 bits per heavy atom. The second-order valence-corrected chi connectivity index (χ2v) is 2.87. The Morgan fingerprint density at radius 1 is 1.31 bits per heavy atom. The van der Waals surface area contributed by atoms with Crippen LogP contribution in [0.1, 0.15) is 13.8 Å². The van der Waals surface area contributed by atoms with Crippen LogP contribution >= 0.6 is 0 Å². The molecular weight excluding hydrogens is 164 g/mol. The van der Waals surface area contributed by atoms with E-state index in [2.05, 4.69) is 6.58 Å². The van der Waals surface area contributed by atoms with E-state index in [0.29, 0.717) is 6.61 Å². The molecule has 0 amide bonds. The first-order valence-electron chi connectivity index (χ1n) is 4.19. The molecular formula is C11H18O2. The zero-order chi connectivity index (χ0) is 10.3. The molecule has 0 spiro atoms. The fourth-order valence-corrected chi connectivity index (χ4v) is 0.910. The van der Waals surface area contributed by atoms with Gasteiger partial charge in [0.05, 0.1) is 13.7 Å². The molecule has 0 aromatic heterocycles. The van der Waals surface area contributed by atoms with Crippen LogP contribution in [0.4, 0.5) is 0 Å². The molecule has 0 aromatic carbocycles. The molecule has 0 aliphatic rings. The van der Waals surface area contributed by atoms with Crippen molar-refractivity contribution in [2.24, 2.45) is 0 Å². The quantitative estimate of drug-likeness (QED) is 0.480. The van der Waals surface area contributed by atoms with Crippen molar-refractivity contribution in [1.29, 1.82) is 0 Å². The highest BCUT2D eigenvalue weighted by atomic mass is 16.5. The van der Waals surface area contributed by atoms with Crippen molar-refractivity contribution in [3.63, 3.8) is 0 Å². The van der Waals surface area contributed by atoms with Crippen molar-refractivity contribution >= 4 is 0 Å². The molecule has 0 aliphatic heterocycles. The predicted octanol–water partition coefficient (Wildman–Crippen LogP) is 2.69. The van der Waals surface area contributed by atoms with Gasteiger partial charge in [-0.25, -0.2) is 0 Å². The summed E-state index contributed by atoms with van der Waals surface area (Å²) in [4.78, 5) is 0. The van der Waals surface area contributed by atoms with E-state index >= 15 is 0 Å². The van der Waals surface area contributed by atoms with Crippen LogP contribution in [0.15, 0.2) is 35.6 Å². The van der Waals surface area contributed by atoms with E-state index in [1.54, 1.807) is 20.3 Å². The Morgan fingerprint density at radius 3 is 2.31 bits per heavy atom. The average Bonchev–Trinajstić information content (AvgIpc) is 2.14. The van der Waals surface area contributed by atoms with E-state index in [1.165, 1.54) is 0 Å². The predicted molar refractivity (Wildman–Crippen MR) is 55.5 cm³/mol. The number of methoxy groups -OCH3 is 2. The highest BCUT2D eigenvalue weighted by Gasteiger charge is 1.98. The lowest BCUT2D eigenvalue weighted by molar-refractivity contribution is 0.216. The van der Waals surface area contributed by atoms with Gasteiger partial charge in [0.1, 0.15) is 5.76 Å². The molecule has 0 saturated carbocycles. The van der Waals surface area contributed by atoms with Gasteiger partial charge in [0.15, 0.2) is 0 Å². The standard InChI is InChI=1S/C11H18O2/c1-6-9(2)7-11(13-5)10(3)8-12-4/h6-7H,1,8H2,2-5H3/b9-7-,11-10+. The summed E-state index contributed by atoms with van der Waals surface area (Å²) in [5.74, 6) is 0.847. The summed E-state index contributed by atoms with van der Waals surface area (Å²) in [6, 6.07) is 0. The third-order valence-corrected chi connectivity index (χ3v) is 1.68. The zero-order valence-corrected chi connectivity index (χ0v) is 8.89. The fourth-order valence-electron chi connectivity index (χ4n) is 0.910. The van der Waals surface area contributed by atoms with Gasteiger partial charge < -0.3 is 9.47 Å². The lowest BCUT2D eigenvalue weighted by Crippen LogP contribution is -1.96. The maximum Gasteiger partial charge on any atom is 0.120 e. The molecule has 0 aromatic rings. The van der Waals surface area contributed by atoms with Gasteiger partial charge in [-0.15, -0.1) is 0 Å². The van der Waals surface area contributed by atoms with Gasteiger partial charge in [0.25, 0.3) is 0 Å². The summed E-state index contributed by atoms with van der Waals surface area (Å²) in [5.41, 5.74) is 2.15. The van der Waals surface area contributed by atoms with E-state index in [4.69, 9.17) is 9.47 Å². The van der Waals surface area contributed by atoms with Gasteiger partial charge in [-0.2, -0.15) is 0 Å². The van der Waals surface area contributed by atoms with Crippen LogP contribution in [0.2, 0.25) is 0 Å². The Labute approximate surface area is 80.5 Å². The molecule has 0 rings (SSSR count). The smallest absolute Gasteiger partial charge is 0.120 e. The van der Waals surface area contributed by atoms with E-state index < -0.39 is 0 Å². The third-order valence-electron chi connectivity index (χ3n) is 1.68. The molecule has 0 N–H and O–H groups in total. The summed E-state index contributed by atoms with van der Waals surface area (Å²) in [5, 5.41) is 0. The van der Waals surface area contributed by atoms with Gasteiger partial charge in [-0.1, -0.05) is 12.7 Å². The fraction of sp³-hybridized carbons (Fsp3) is 0.455. The summed E-state index contributed by atoms with van der Waals surface area (Å²) in [6.07, 6.45) is 3.74. The van der Waals surface area contributed by atoms with Gasteiger partial charge in [-0.05, 0) is 31.1 Å². The van der Waals surface area contributed by atoms with Crippen molar-refractivity contribution in [3.05, 3.63) is 35.6 Å². The van der Waals surface area contributed by atoms with Crippen molar-refractivity contribution in [1.82, 2.24) is 0 Å². The Bertz CT molecular complexity index is 224. The summed E-state index contributed by atoms with van der Waals surface area (Å²) < 4.78 is 10.2. The number of allylic oxidation sites excluding steroid dienone is 3. The van der Waals surface area contributed by atoms with Crippen LogP contribution in [0.5, 0.6) is 0 Å². The van der Waals surface area contributed by atoms with E-state index in [0.717, 1.165) is 16.9 Å². The minimum Gasteiger partial charge on any atom is -0.497 e. The summed E-state index contributed by atoms with van der Waals surface area (Å²) >= 11 is 0. The first-order chi connectivity index (χ1) is 6.15. The van der Waals surface area contributed by atoms with Crippen molar-refractivity contribution in [2.75, 3.05) is 20.8 Å². The molecule has 2 heteroatoms. The molecule has 0 heterocycles. The Kier molecular flexibility index (Phi) is 5.98. The second kappa shape index (κ2) is 6.49. The van der Waals surface area contributed by atoms with Gasteiger partial charge in [0, 0.05) is 7.11 Å². The summed E-state index contributed by atoms with van der Waals surface area (Å²) in [6.45, 7) is 8.22. The minimum atomic E-state index is 0.587. The molecule has 0 atom stereocenters. The van der Waals surface area contributed by atoms with Crippen LogP contribution < -0.4 is 0 Å². The topological polar surface area (TPSA) is 18.5 Å². The van der Waals surface area contributed by atoms with Gasteiger partial charge in [-0.3, -0.25) is 0 Å². The van der Waals surface area contributed by atoms with Crippen LogP contribution in [0.25, 0.3) is 0 Å². The van der Waals surface area contributed by atoms with E-state index in [1.807, 2.05) is 19.9 Å². The molecule has 0 unspecified atom stereocenters. The van der Waals surface area contributed by atoms with Crippen molar-refractivity contribution in [2.45, 2.75) is 13.8 Å². The zero-order valence-electron chi connectivity index (χ0n) is 8.89. The first kappa shape index (κ1) is 12.0. The highest BCUT2D eigenvalue weighted by Crippen LogP contribution is 2.10. The van der Waals surface area contributed by atoms with Crippen LogP contribution in [-0.4, -0.2) is 20.8 Å². The van der Waals surface area contributed by atoms with Crippen LogP contribution in [0.3, 0.4) is 0 Å². The van der Waals surface area contributed by atoms with Gasteiger partial charge >= 0.3 is 0 Å². The van der Waals surface area contributed by atoms with E-state index in [9.17, 15) is 0 Å².